The van der Waals surface area contributed by atoms with Gasteiger partial charge in [-0.05, 0) is 37.6 Å². The lowest BCUT2D eigenvalue weighted by Crippen LogP contribution is -2.21. The van der Waals surface area contributed by atoms with Crippen molar-refractivity contribution in [3.05, 3.63) is 48.1 Å². The third kappa shape index (κ3) is 4.81. The van der Waals surface area contributed by atoms with E-state index in [2.05, 4.69) is 25.3 Å². The summed E-state index contributed by atoms with van der Waals surface area (Å²) in [6, 6.07) is 9.57. The molecule has 4 heteroatoms. The lowest BCUT2D eigenvalue weighted by atomic mass is 10.1. The van der Waals surface area contributed by atoms with Gasteiger partial charge in [0, 0.05) is 18.8 Å². The zero-order valence-electron chi connectivity index (χ0n) is 12.5. The zero-order chi connectivity index (χ0) is 15.7. The van der Waals surface area contributed by atoms with Gasteiger partial charge in [0.05, 0.1) is 0 Å². The van der Waals surface area contributed by atoms with Crippen LogP contribution >= 0.6 is 0 Å². The molecule has 0 aliphatic rings. The first-order valence-electron chi connectivity index (χ1n) is 6.91. The average Bonchev–Trinajstić information content (AvgIpc) is 2.52. The molecule has 0 amide bonds. The molecular weight excluding hydrogens is 264 g/mol. The van der Waals surface area contributed by atoms with Crippen LogP contribution < -0.4 is 4.90 Å². The van der Waals surface area contributed by atoms with Gasteiger partial charge in [-0.2, -0.15) is 5.26 Å². The minimum absolute atomic E-state index is 0.0209. The summed E-state index contributed by atoms with van der Waals surface area (Å²) in [6.45, 7) is 9.62. The summed E-state index contributed by atoms with van der Waals surface area (Å²) in [4.78, 5) is 13.9. The van der Waals surface area contributed by atoms with Gasteiger partial charge in [-0.25, -0.2) is 4.79 Å². The number of nitrogens with zero attached hydrogens (tertiary/aromatic N) is 2. The minimum Gasteiger partial charge on any atom is -0.457 e. The maximum Gasteiger partial charge on any atom is 0.349 e. The number of carbonyl (C=O) groups excluding carboxylic acids is 1. The number of nitriles is 1. The molecule has 1 aromatic carbocycles. The molecule has 1 rings (SSSR count). The normalized spacial score (nSPS) is 10.6. The Labute approximate surface area is 125 Å². The van der Waals surface area contributed by atoms with Crippen molar-refractivity contribution in [3.63, 3.8) is 0 Å². The highest BCUT2D eigenvalue weighted by atomic mass is 16.5. The van der Waals surface area contributed by atoms with Crippen molar-refractivity contribution in [2.45, 2.75) is 13.8 Å². The van der Waals surface area contributed by atoms with Crippen LogP contribution in [0.4, 0.5) is 5.69 Å². The Hall–Kier alpha value is -2.54. The van der Waals surface area contributed by atoms with Gasteiger partial charge < -0.3 is 9.64 Å². The van der Waals surface area contributed by atoms with Gasteiger partial charge in [0.15, 0.2) is 0 Å². The highest BCUT2D eigenvalue weighted by Crippen LogP contribution is 2.16. The molecule has 0 aliphatic carbocycles. The SMILES string of the molecule is C=CCOC(=O)/C(C#N)=C\c1ccc(N(CC)CC)cc1. The predicted octanol–water partition coefficient (Wildman–Crippen LogP) is 3.17. The van der Waals surface area contributed by atoms with Crippen molar-refractivity contribution in [2.24, 2.45) is 0 Å². The molecule has 110 valence electrons. The first-order chi connectivity index (χ1) is 10.2. The zero-order valence-corrected chi connectivity index (χ0v) is 12.5. The van der Waals surface area contributed by atoms with E-state index in [4.69, 9.17) is 10.00 Å². The van der Waals surface area contributed by atoms with Crippen LogP contribution in [0.25, 0.3) is 6.08 Å². The number of carbonyl (C=O) groups is 1. The van der Waals surface area contributed by atoms with Crippen molar-refractivity contribution in [3.8, 4) is 6.07 Å². The smallest absolute Gasteiger partial charge is 0.349 e. The summed E-state index contributed by atoms with van der Waals surface area (Å²) in [7, 11) is 0. The molecule has 21 heavy (non-hydrogen) atoms. The van der Waals surface area contributed by atoms with E-state index in [1.54, 1.807) is 0 Å². The number of anilines is 1. The van der Waals surface area contributed by atoms with E-state index in [0.29, 0.717) is 0 Å². The highest BCUT2D eigenvalue weighted by Gasteiger charge is 2.10. The molecule has 0 unspecified atom stereocenters. The summed E-state index contributed by atoms with van der Waals surface area (Å²) in [5.74, 6) is -0.634. The fourth-order valence-corrected chi connectivity index (χ4v) is 1.89. The first-order valence-corrected chi connectivity index (χ1v) is 6.91. The number of hydrogen-bond acceptors (Lipinski definition) is 4. The summed E-state index contributed by atoms with van der Waals surface area (Å²) < 4.78 is 4.86. The Morgan fingerprint density at radius 2 is 1.95 bits per heavy atom. The lowest BCUT2D eigenvalue weighted by Gasteiger charge is -2.20. The molecule has 0 aromatic heterocycles. The molecule has 1 aromatic rings. The average molecular weight is 284 g/mol. The Balaban J connectivity index is 2.90. The third-order valence-corrected chi connectivity index (χ3v) is 3.01. The van der Waals surface area contributed by atoms with Gasteiger partial charge in [0.2, 0.25) is 0 Å². The number of benzene rings is 1. The van der Waals surface area contributed by atoms with Crippen LogP contribution in [0.5, 0.6) is 0 Å². The van der Waals surface area contributed by atoms with Crippen molar-refractivity contribution in [2.75, 3.05) is 24.6 Å². The summed E-state index contributed by atoms with van der Waals surface area (Å²) in [5.41, 5.74) is 1.88. The van der Waals surface area contributed by atoms with Crippen molar-refractivity contribution in [1.29, 1.82) is 5.26 Å². The standard InChI is InChI=1S/C17H20N2O2/c1-4-11-21-17(20)15(13-18)12-14-7-9-16(10-8-14)19(5-2)6-3/h4,7-10,12H,1,5-6,11H2,2-3H3/b15-12-. The quantitative estimate of drug-likeness (QED) is 0.334. The van der Waals surface area contributed by atoms with Crippen LogP contribution in [0.2, 0.25) is 0 Å². The largest absolute Gasteiger partial charge is 0.457 e. The predicted molar refractivity (Wildman–Crippen MR) is 84.7 cm³/mol. The Bertz CT molecular complexity index is 549. The van der Waals surface area contributed by atoms with Crippen LogP contribution in [0.3, 0.4) is 0 Å². The minimum atomic E-state index is -0.634. The van der Waals surface area contributed by atoms with E-state index in [-0.39, 0.29) is 12.2 Å². The molecule has 0 spiro atoms. The van der Waals surface area contributed by atoms with E-state index < -0.39 is 5.97 Å². The van der Waals surface area contributed by atoms with Crippen LogP contribution in [-0.4, -0.2) is 25.7 Å². The van der Waals surface area contributed by atoms with Crippen molar-refractivity contribution < 1.29 is 9.53 Å². The second kappa shape index (κ2) is 8.60. The fourth-order valence-electron chi connectivity index (χ4n) is 1.89. The van der Waals surface area contributed by atoms with E-state index in [9.17, 15) is 4.79 Å². The van der Waals surface area contributed by atoms with Gasteiger partial charge >= 0.3 is 5.97 Å². The maximum absolute atomic E-state index is 11.6. The van der Waals surface area contributed by atoms with Crippen LogP contribution in [-0.2, 0) is 9.53 Å². The summed E-state index contributed by atoms with van der Waals surface area (Å²) in [5, 5.41) is 9.02. The summed E-state index contributed by atoms with van der Waals surface area (Å²) in [6.07, 6.45) is 2.99. The molecule has 0 aliphatic heterocycles. The monoisotopic (exact) mass is 284 g/mol. The topological polar surface area (TPSA) is 53.3 Å². The van der Waals surface area contributed by atoms with E-state index in [0.717, 1.165) is 24.3 Å². The van der Waals surface area contributed by atoms with E-state index >= 15 is 0 Å². The van der Waals surface area contributed by atoms with Gasteiger partial charge in [-0.3, -0.25) is 0 Å². The Morgan fingerprint density at radius 1 is 1.33 bits per heavy atom. The van der Waals surface area contributed by atoms with Crippen molar-refractivity contribution >= 4 is 17.7 Å². The van der Waals surface area contributed by atoms with Crippen LogP contribution in [0.1, 0.15) is 19.4 Å². The number of ether oxygens (including phenoxy) is 1. The number of esters is 1. The molecule has 0 atom stereocenters. The first kappa shape index (κ1) is 16.5. The van der Waals surface area contributed by atoms with Gasteiger partial charge in [0.25, 0.3) is 0 Å². The van der Waals surface area contributed by atoms with Crippen LogP contribution in [0, 0.1) is 11.3 Å². The van der Waals surface area contributed by atoms with Gasteiger partial charge in [-0.15, -0.1) is 0 Å². The molecule has 0 N–H and O–H groups in total. The number of rotatable bonds is 7. The molecule has 0 saturated carbocycles. The number of hydrogen-bond donors (Lipinski definition) is 0. The van der Waals surface area contributed by atoms with Crippen molar-refractivity contribution in [1.82, 2.24) is 0 Å². The Morgan fingerprint density at radius 3 is 2.43 bits per heavy atom. The van der Waals surface area contributed by atoms with Gasteiger partial charge in [0.1, 0.15) is 18.2 Å². The second-order valence-corrected chi connectivity index (χ2v) is 4.32. The third-order valence-electron chi connectivity index (χ3n) is 3.01. The maximum atomic E-state index is 11.6. The molecular formula is C17H20N2O2. The molecule has 0 radical (unpaired) electrons. The molecule has 0 heterocycles. The fraction of sp³-hybridized carbons (Fsp3) is 0.294. The van der Waals surface area contributed by atoms with E-state index in [1.165, 1.54) is 12.2 Å². The molecule has 0 fully saturated rings. The highest BCUT2D eigenvalue weighted by molar-refractivity contribution is 5.97. The molecule has 0 bridgehead atoms. The van der Waals surface area contributed by atoms with Gasteiger partial charge in [-0.1, -0.05) is 24.8 Å². The Kier molecular flexibility index (Phi) is 6.76. The molecule has 4 nitrogen and oxygen atoms in total. The summed E-state index contributed by atoms with van der Waals surface area (Å²) >= 11 is 0. The second-order valence-electron chi connectivity index (χ2n) is 4.32. The van der Waals surface area contributed by atoms with Crippen LogP contribution in [0.15, 0.2) is 42.5 Å². The molecule has 0 saturated heterocycles. The van der Waals surface area contributed by atoms with E-state index in [1.807, 2.05) is 30.3 Å². The lowest BCUT2D eigenvalue weighted by molar-refractivity contribution is -0.137.